The lowest BCUT2D eigenvalue weighted by Gasteiger charge is -2.35. The first-order valence-corrected chi connectivity index (χ1v) is 7.46. The minimum absolute atomic E-state index is 0.00336. The van der Waals surface area contributed by atoms with Crippen molar-refractivity contribution in [2.75, 3.05) is 6.54 Å². The van der Waals surface area contributed by atoms with E-state index in [2.05, 4.69) is 4.72 Å². The summed E-state index contributed by atoms with van der Waals surface area (Å²) in [6, 6.07) is -0.905. The second-order valence-corrected chi connectivity index (χ2v) is 6.37. The molecule has 1 saturated heterocycles. The molecule has 1 atom stereocenters. The second-order valence-electron chi connectivity index (χ2n) is 4.71. The molecule has 2 aliphatic rings. The molecule has 0 aromatic rings. The van der Waals surface area contributed by atoms with Crippen LogP contribution in [0.15, 0.2) is 0 Å². The Balaban J connectivity index is 2.08. The van der Waals surface area contributed by atoms with Crippen LogP contribution >= 0.6 is 0 Å². The van der Waals surface area contributed by atoms with Crippen LogP contribution in [0.5, 0.6) is 0 Å². The summed E-state index contributed by atoms with van der Waals surface area (Å²) in [6.07, 6.45) is 4.65. The minimum Gasteiger partial charge on any atom is -0.480 e. The van der Waals surface area contributed by atoms with Crippen molar-refractivity contribution in [1.82, 2.24) is 9.03 Å². The molecule has 98 valence electrons. The number of aliphatic carboxylic acids is 1. The van der Waals surface area contributed by atoms with Crippen molar-refractivity contribution < 1.29 is 18.3 Å². The predicted octanol–water partition coefficient (Wildman–Crippen LogP) is 0.312. The van der Waals surface area contributed by atoms with Crippen LogP contribution in [0.4, 0.5) is 0 Å². The summed E-state index contributed by atoms with van der Waals surface area (Å²) in [5.74, 6) is -1.05. The fourth-order valence-corrected chi connectivity index (χ4v) is 3.94. The van der Waals surface area contributed by atoms with Crippen LogP contribution < -0.4 is 4.72 Å². The van der Waals surface area contributed by atoms with E-state index in [1.807, 2.05) is 0 Å². The Morgan fingerprint density at radius 3 is 2.41 bits per heavy atom. The van der Waals surface area contributed by atoms with Crippen LogP contribution in [0, 0.1) is 0 Å². The van der Waals surface area contributed by atoms with E-state index < -0.39 is 22.2 Å². The standard InChI is InChI=1S/C10H18N2O4S/c13-10(14)9-6-1-2-7-12(9)17(15,16)11-8-4-3-5-8/h8-9,11H,1-7H2,(H,13,14). The summed E-state index contributed by atoms with van der Waals surface area (Å²) in [7, 11) is -3.64. The molecule has 0 aromatic heterocycles. The van der Waals surface area contributed by atoms with E-state index in [-0.39, 0.29) is 6.04 Å². The van der Waals surface area contributed by atoms with Crippen LogP contribution in [0.25, 0.3) is 0 Å². The SMILES string of the molecule is O=C(O)C1CCCCN1S(=O)(=O)NC1CCC1. The normalized spacial score (nSPS) is 27.6. The van der Waals surface area contributed by atoms with Gasteiger partial charge >= 0.3 is 5.97 Å². The average Bonchev–Trinajstić information content (AvgIpc) is 2.24. The number of nitrogens with zero attached hydrogens (tertiary/aromatic N) is 1. The van der Waals surface area contributed by atoms with Gasteiger partial charge in [-0.3, -0.25) is 4.79 Å². The van der Waals surface area contributed by atoms with Gasteiger partial charge in [-0.25, -0.2) is 0 Å². The average molecular weight is 262 g/mol. The highest BCUT2D eigenvalue weighted by molar-refractivity contribution is 7.87. The zero-order valence-corrected chi connectivity index (χ0v) is 10.4. The number of hydrogen-bond acceptors (Lipinski definition) is 3. The molecule has 17 heavy (non-hydrogen) atoms. The number of carbonyl (C=O) groups is 1. The molecule has 2 N–H and O–H groups in total. The molecule has 0 aromatic carbocycles. The quantitative estimate of drug-likeness (QED) is 0.763. The number of carboxylic acids is 1. The van der Waals surface area contributed by atoms with E-state index in [1.54, 1.807) is 0 Å². The Bertz CT molecular complexity index is 391. The summed E-state index contributed by atoms with van der Waals surface area (Å²) >= 11 is 0. The molecule has 0 amide bonds. The molecule has 7 heteroatoms. The summed E-state index contributed by atoms with van der Waals surface area (Å²) in [5, 5.41) is 9.04. The highest BCUT2D eigenvalue weighted by atomic mass is 32.2. The number of piperidine rings is 1. The highest BCUT2D eigenvalue weighted by Crippen LogP contribution is 2.23. The molecule has 1 unspecified atom stereocenters. The maximum absolute atomic E-state index is 12.1. The first kappa shape index (κ1) is 12.8. The maximum atomic E-state index is 12.1. The van der Waals surface area contributed by atoms with Gasteiger partial charge in [-0.1, -0.05) is 6.42 Å². The number of hydrogen-bond donors (Lipinski definition) is 2. The maximum Gasteiger partial charge on any atom is 0.322 e. The monoisotopic (exact) mass is 262 g/mol. The van der Waals surface area contributed by atoms with Gasteiger partial charge in [0.1, 0.15) is 6.04 Å². The first-order valence-electron chi connectivity index (χ1n) is 6.02. The molecule has 6 nitrogen and oxygen atoms in total. The number of nitrogens with one attached hydrogen (secondary N) is 1. The summed E-state index contributed by atoms with van der Waals surface area (Å²) in [5.41, 5.74) is 0. The molecule has 1 saturated carbocycles. The largest absolute Gasteiger partial charge is 0.480 e. The van der Waals surface area contributed by atoms with Gasteiger partial charge in [0.2, 0.25) is 0 Å². The lowest BCUT2D eigenvalue weighted by Crippen LogP contribution is -2.55. The Morgan fingerprint density at radius 1 is 1.18 bits per heavy atom. The van der Waals surface area contributed by atoms with Gasteiger partial charge < -0.3 is 5.11 Å². The summed E-state index contributed by atoms with van der Waals surface area (Å²) < 4.78 is 27.8. The Labute approximate surface area is 101 Å². The van der Waals surface area contributed by atoms with E-state index in [0.29, 0.717) is 13.0 Å². The fraction of sp³-hybridized carbons (Fsp3) is 0.900. The highest BCUT2D eigenvalue weighted by Gasteiger charge is 2.38. The van der Waals surface area contributed by atoms with Crippen molar-refractivity contribution in [3.63, 3.8) is 0 Å². The van der Waals surface area contributed by atoms with Crippen LogP contribution in [0.1, 0.15) is 38.5 Å². The first-order chi connectivity index (χ1) is 8.00. The number of rotatable bonds is 4. The van der Waals surface area contributed by atoms with Gasteiger partial charge in [-0.2, -0.15) is 17.4 Å². The third kappa shape index (κ3) is 2.78. The molecule has 2 fully saturated rings. The van der Waals surface area contributed by atoms with Crippen molar-refractivity contribution in [3.05, 3.63) is 0 Å². The third-order valence-electron chi connectivity index (χ3n) is 3.47. The molecule has 0 spiro atoms. The second kappa shape index (κ2) is 4.91. The van der Waals surface area contributed by atoms with E-state index in [9.17, 15) is 13.2 Å². The van der Waals surface area contributed by atoms with Crippen molar-refractivity contribution in [2.24, 2.45) is 0 Å². The zero-order valence-electron chi connectivity index (χ0n) is 9.63. The Kier molecular flexibility index (Phi) is 3.70. The van der Waals surface area contributed by atoms with Gasteiger partial charge in [0.15, 0.2) is 0 Å². The molecule has 1 aliphatic carbocycles. The van der Waals surface area contributed by atoms with Crippen LogP contribution in [-0.2, 0) is 15.0 Å². The van der Waals surface area contributed by atoms with Gasteiger partial charge in [0.25, 0.3) is 10.2 Å². The molecule has 1 aliphatic heterocycles. The molecule has 1 heterocycles. The molecule has 0 radical (unpaired) electrons. The van der Waals surface area contributed by atoms with Gasteiger partial charge in [-0.05, 0) is 32.1 Å². The van der Waals surface area contributed by atoms with E-state index in [1.165, 1.54) is 0 Å². The topological polar surface area (TPSA) is 86.7 Å². The summed E-state index contributed by atoms with van der Waals surface area (Å²) in [6.45, 7) is 0.305. The molecule has 0 bridgehead atoms. The minimum atomic E-state index is -3.64. The Hall–Kier alpha value is -0.660. The Morgan fingerprint density at radius 2 is 1.88 bits per heavy atom. The number of carboxylic acid groups (broad SMARTS) is 1. The lowest BCUT2D eigenvalue weighted by atomic mass is 9.94. The molecular formula is C10H18N2O4S. The van der Waals surface area contributed by atoms with Crippen LogP contribution in [0.2, 0.25) is 0 Å². The third-order valence-corrected chi connectivity index (χ3v) is 5.15. The lowest BCUT2D eigenvalue weighted by molar-refractivity contribution is -0.142. The van der Waals surface area contributed by atoms with E-state index in [0.717, 1.165) is 36.4 Å². The van der Waals surface area contributed by atoms with Crippen molar-refractivity contribution in [1.29, 1.82) is 0 Å². The van der Waals surface area contributed by atoms with Gasteiger partial charge in [0, 0.05) is 12.6 Å². The molecular weight excluding hydrogens is 244 g/mol. The van der Waals surface area contributed by atoms with Crippen molar-refractivity contribution in [2.45, 2.75) is 50.6 Å². The van der Waals surface area contributed by atoms with E-state index >= 15 is 0 Å². The van der Waals surface area contributed by atoms with Gasteiger partial charge in [0.05, 0.1) is 0 Å². The van der Waals surface area contributed by atoms with Gasteiger partial charge in [-0.15, -0.1) is 0 Å². The fourth-order valence-electron chi connectivity index (χ4n) is 2.24. The van der Waals surface area contributed by atoms with Crippen molar-refractivity contribution in [3.8, 4) is 0 Å². The summed E-state index contributed by atoms with van der Waals surface area (Å²) in [4.78, 5) is 11.0. The van der Waals surface area contributed by atoms with Crippen LogP contribution in [0.3, 0.4) is 0 Å². The predicted molar refractivity (Wildman–Crippen MR) is 61.7 cm³/mol. The van der Waals surface area contributed by atoms with Crippen LogP contribution in [-0.4, -0.2) is 42.4 Å². The van der Waals surface area contributed by atoms with E-state index in [4.69, 9.17) is 5.11 Å². The smallest absolute Gasteiger partial charge is 0.322 e. The molecule has 2 rings (SSSR count). The zero-order chi connectivity index (χ0) is 12.5. The van der Waals surface area contributed by atoms with Crippen molar-refractivity contribution >= 4 is 16.2 Å².